The second-order valence-electron chi connectivity index (χ2n) is 7.98. The maximum Gasteiger partial charge on any atom is 0.234 e. The average molecular weight is 474 g/mol. The lowest BCUT2D eigenvalue weighted by molar-refractivity contribution is -0.113. The van der Waals surface area contributed by atoms with Gasteiger partial charge in [0.1, 0.15) is 5.75 Å². The molecule has 0 atom stereocenters. The van der Waals surface area contributed by atoms with Crippen LogP contribution >= 0.6 is 11.8 Å². The summed E-state index contributed by atoms with van der Waals surface area (Å²) in [6, 6.07) is 23.6. The van der Waals surface area contributed by atoms with E-state index in [2.05, 4.69) is 15.5 Å². The third kappa shape index (κ3) is 5.40. The first-order valence-corrected chi connectivity index (χ1v) is 11.8. The molecule has 1 aromatic heterocycles. The van der Waals surface area contributed by atoms with Gasteiger partial charge < -0.3 is 15.0 Å². The van der Waals surface area contributed by atoms with Gasteiger partial charge in [-0.3, -0.25) is 9.36 Å². The number of methoxy groups -OCH3 is 1. The Labute approximate surface area is 203 Å². The number of benzene rings is 3. The first-order chi connectivity index (χ1) is 16.4. The van der Waals surface area contributed by atoms with E-state index in [4.69, 9.17) is 4.74 Å². The summed E-state index contributed by atoms with van der Waals surface area (Å²) >= 11 is 1.34. The van der Waals surface area contributed by atoms with Crippen LogP contribution in [0.5, 0.6) is 5.75 Å². The molecule has 1 amide bonds. The molecule has 1 N–H and O–H groups in total. The number of nitrogens with one attached hydrogen (secondary N) is 1. The van der Waals surface area contributed by atoms with E-state index in [1.54, 1.807) is 7.11 Å². The fourth-order valence-electron chi connectivity index (χ4n) is 3.39. The Kier molecular flexibility index (Phi) is 7.18. The zero-order chi connectivity index (χ0) is 24.1. The van der Waals surface area contributed by atoms with E-state index < -0.39 is 0 Å². The van der Waals surface area contributed by atoms with Crippen molar-refractivity contribution in [2.45, 2.75) is 12.1 Å². The summed E-state index contributed by atoms with van der Waals surface area (Å²) < 4.78 is 7.27. The highest BCUT2D eigenvalue weighted by atomic mass is 32.2. The minimum atomic E-state index is -0.108. The molecule has 0 saturated carbocycles. The second-order valence-corrected chi connectivity index (χ2v) is 8.93. The summed E-state index contributed by atoms with van der Waals surface area (Å²) in [7, 11) is 5.60. The van der Waals surface area contributed by atoms with Gasteiger partial charge in [-0.05, 0) is 55.5 Å². The number of hydrogen-bond donors (Lipinski definition) is 1. The Morgan fingerprint density at radius 1 is 0.971 bits per heavy atom. The van der Waals surface area contributed by atoms with Crippen molar-refractivity contribution in [3.63, 3.8) is 0 Å². The standard InChI is InChI=1S/C26H27N5O2S/c1-18-5-7-19(8-6-18)25-28-29-26(31(25)22-13-15-23(33-4)16-14-22)34-17-24(32)27-20-9-11-21(12-10-20)30(2)3/h5-16H,17H2,1-4H3,(H,27,32). The summed E-state index contributed by atoms with van der Waals surface area (Å²) in [5.74, 6) is 1.58. The van der Waals surface area contributed by atoms with E-state index in [0.717, 1.165) is 28.4 Å². The van der Waals surface area contributed by atoms with Crippen molar-refractivity contribution in [1.29, 1.82) is 0 Å². The molecule has 34 heavy (non-hydrogen) atoms. The zero-order valence-corrected chi connectivity index (χ0v) is 20.5. The van der Waals surface area contributed by atoms with Gasteiger partial charge in [0.15, 0.2) is 11.0 Å². The molecule has 0 unspecified atom stereocenters. The molecule has 0 aliphatic carbocycles. The van der Waals surface area contributed by atoms with Gasteiger partial charge in [0.05, 0.1) is 12.9 Å². The van der Waals surface area contributed by atoms with Crippen LogP contribution in [0.2, 0.25) is 0 Å². The smallest absolute Gasteiger partial charge is 0.234 e. The lowest BCUT2D eigenvalue weighted by Crippen LogP contribution is -2.15. The van der Waals surface area contributed by atoms with Crippen molar-refractivity contribution in [1.82, 2.24) is 14.8 Å². The minimum Gasteiger partial charge on any atom is -0.497 e. The van der Waals surface area contributed by atoms with Crippen LogP contribution in [0, 0.1) is 6.92 Å². The van der Waals surface area contributed by atoms with E-state index in [1.807, 2.05) is 103 Å². The predicted molar refractivity (Wildman–Crippen MR) is 138 cm³/mol. The highest BCUT2D eigenvalue weighted by Crippen LogP contribution is 2.29. The second kappa shape index (κ2) is 10.4. The number of aryl methyl sites for hydroxylation is 1. The number of aromatic nitrogens is 3. The highest BCUT2D eigenvalue weighted by molar-refractivity contribution is 7.99. The number of amides is 1. The van der Waals surface area contributed by atoms with E-state index in [0.29, 0.717) is 11.0 Å². The normalized spacial score (nSPS) is 10.7. The lowest BCUT2D eigenvalue weighted by Gasteiger charge is -2.13. The number of rotatable bonds is 8. The van der Waals surface area contributed by atoms with Gasteiger partial charge in [-0.25, -0.2) is 0 Å². The maximum atomic E-state index is 12.6. The fraction of sp³-hybridized carbons (Fsp3) is 0.192. The molecule has 0 aliphatic rings. The number of carbonyl (C=O) groups is 1. The quantitative estimate of drug-likeness (QED) is 0.361. The number of hydrogen-bond acceptors (Lipinski definition) is 6. The number of carbonyl (C=O) groups excluding carboxylic acids is 1. The Morgan fingerprint density at radius 2 is 1.65 bits per heavy atom. The van der Waals surface area contributed by atoms with Crippen LogP contribution in [0.3, 0.4) is 0 Å². The largest absolute Gasteiger partial charge is 0.497 e. The van der Waals surface area contributed by atoms with Gasteiger partial charge in [0.25, 0.3) is 0 Å². The van der Waals surface area contributed by atoms with Gasteiger partial charge >= 0.3 is 0 Å². The molecule has 0 aliphatic heterocycles. The van der Waals surface area contributed by atoms with Crippen molar-refractivity contribution in [3.8, 4) is 22.8 Å². The van der Waals surface area contributed by atoms with Gasteiger partial charge in [-0.2, -0.15) is 0 Å². The topological polar surface area (TPSA) is 72.3 Å². The van der Waals surface area contributed by atoms with E-state index in [1.165, 1.54) is 17.3 Å². The molecule has 0 saturated heterocycles. The van der Waals surface area contributed by atoms with Gasteiger partial charge in [-0.1, -0.05) is 41.6 Å². The van der Waals surface area contributed by atoms with Crippen molar-refractivity contribution in [3.05, 3.63) is 78.4 Å². The van der Waals surface area contributed by atoms with Crippen LogP contribution in [0.1, 0.15) is 5.56 Å². The Bertz CT molecular complexity index is 1250. The van der Waals surface area contributed by atoms with Crippen LogP contribution in [0.4, 0.5) is 11.4 Å². The molecule has 174 valence electrons. The summed E-state index contributed by atoms with van der Waals surface area (Å²) in [5.41, 5.74) is 4.84. The lowest BCUT2D eigenvalue weighted by atomic mass is 10.1. The number of anilines is 2. The number of nitrogens with zero attached hydrogens (tertiary/aromatic N) is 4. The first-order valence-electron chi connectivity index (χ1n) is 10.8. The summed E-state index contributed by atoms with van der Waals surface area (Å²) in [4.78, 5) is 14.6. The van der Waals surface area contributed by atoms with Gasteiger partial charge in [0.2, 0.25) is 5.91 Å². The SMILES string of the molecule is COc1ccc(-n2c(SCC(=O)Nc3ccc(N(C)C)cc3)nnc2-c2ccc(C)cc2)cc1. The Morgan fingerprint density at radius 3 is 2.26 bits per heavy atom. The van der Waals surface area contributed by atoms with E-state index in [9.17, 15) is 4.79 Å². The predicted octanol–water partition coefficient (Wildman–Crippen LogP) is 5.05. The van der Waals surface area contributed by atoms with E-state index in [-0.39, 0.29) is 11.7 Å². The number of ether oxygens (including phenoxy) is 1. The molecule has 8 heteroatoms. The summed E-state index contributed by atoms with van der Waals surface area (Å²) in [6.45, 7) is 2.05. The van der Waals surface area contributed by atoms with Crippen LogP contribution in [0.25, 0.3) is 17.1 Å². The van der Waals surface area contributed by atoms with Crippen molar-refractivity contribution < 1.29 is 9.53 Å². The molecular weight excluding hydrogens is 446 g/mol. The van der Waals surface area contributed by atoms with Gasteiger partial charge in [-0.15, -0.1) is 10.2 Å². The molecule has 3 aromatic carbocycles. The van der Waals surface area contributed by atoms with Gasteiger partial charge in [0, 0.05) is 36.7 Å². The van der Waals surface area contributed by atoms with Crippen molar-refractivity contribution in [2.24, 2.45) is 0 Å². The van der Waals surface area contributed by atoms with Crippen LogP contribution < -0.4 is 15.0 Å². The third-order valence-electron chi connectivity index (χ3n) is 5.27. The van der Waals surface area contributed by atoms with E-state index >= 15 is 0 Å². The molecule has 4 aromatic rings. The molecule has 0 radical (unpaired) electrons. The first kappa shape index (κ1) is 23.4. The molecule has 0 spiro atoms. The summed E-state index contributed by atoms with van der Waals surface area (Å²) in [6.07, 6.45) is 0. The molecule has 7 nitrogen and oxygen atoms in total. The van der Waals surface area contributed by atoms with Crippen LogP contribution in [0.15, 0.2) is 78.0 Å². The summed E-state index contributed by atoms with van der Waals surface area (Å²) in [5, 5.41) is 12.4. The molecular formula is C26H27N5O2S. The average Bonchev–Trinajstić information content (AvgIpc) is 3.27. The number of thioether (sulfide) groups is 1. The zero-order valence-electron chi connectivity index (χ0n) is 19.6. The molecule has 1 heterocycles. The monoisotopic (exact) mass is 473 g/mol. The molecule has 0 fully saturated rings. The maximum absolute atomic E-state index is 12.6. The Balaban J connectivity index is 1.55. The molecule has 0 bridgehead atoms. The van der Waals surface area contributed by atoms with Crippen molar-refractivity contribution >= 4 is 29.0 Å². The third-order valence-corrected chi connectivity index (χ3v) is 6.20. The Hall–Kier alpha value is -3.78. The molecule has 4 rings (SSSR count). The minimum absolute atomic E-state index is 0.108. The van der Waals surface area contributed by atoms with Crippen molar-refractivity contribution in [2.75, 3.05) is 37.2 Å². The van der Waals surface area contributed by atoms with Crippen LogP contribution in [-0.2, 0) is 4.79 Å². The fourth-order valence-corrected chi connectivity index (χ4v) is 4.14. The van der Waals surface area contributed by atoms with Crippen LogP contribution in [-0.4, -0.2) is 47.6 Å². The highest BCUT2D eigenvalue weighted by Gasteiger charge is 2.17.